The predicted octanol–water partition coefficient (Wildman–Crippen LogP) is 1.27. The van der Waals surface area contributed by atoms with Crippen LogP contribution in [0, 0.1) is 5.92 Å². The molecule has 70 valence electrons. The number of rotatable bonds is 3. The van der Waals surface area contributed by atoms with Gasteiger partial charge in [0.1, 0.15) is 0 Å². The van der Waals surface area contributed by atoms with Crippen LogP contribution in [0.2, 0.25) is 0 Å². The monoisotopic (exact) mass is 169 g/mol. The number of aliphatic hydroxyl groups is 1. The first-order valence-electron chi connectivity index (χ1n) is 4.57. The van der Waals surface area contributed by atoms with Gasteiger partial charge in [0.15, 0.2) is 0 Å². The van der Waals surface area contributed by atoms with Gasteiger partial charge < -0.3 is 5.11 Å². The second-order valence-corrected chi connectivity index (χ2v) is 4.26. The molecule has 2 heteroatoms. The Bertz CT molecular complexity index is 165. The number of hydrogen-bond acceptors (Lipinski definition) is 2. The van der Waals surface area contributed by atoms with Gasteiger partial charge in [0.05, 0.1) is 0 Å². The van der Waals surface area contributed by atoms with Gasteiger partial charge in [-0.2, -0.15) is 0 Å². The summed E-state index contributed by atoms with van der Waals surface area (Å²) in [5.41, 5.74) is 0.238. The molecule has 0 spiro atoms. The van der Waals surface area contributed by atoms with E-state index < -0.39 is 0 Å². The first kappa shape index (κ1) is 9.75. The summed E-state index contributed by atoms with van der Waals surface area (Å²) in [6.45, 7) is 10.5. The number of aliphatic hydroxyl groups excluding tert-OH is 1. The molecule has 1 fully saturated rings. The van der Waals surface area contributed by atoms with Gasteiger partial charge in [-0.05, 0) is 26.2 Å². The summed E-state index contributed by atoms with van der Waals surface area (Å²) >= 11 is 0. The summed E-state index contributed by atoms with van der Waals surface area (Å²) in [6, 6.07) is 0. The molecule has 0 bridgehead atoms. The van der Waals surface area contributed by atoms with Gasteiger partial charge in [-0.3, -0.25) is 4.90 Å². The normalized spacial score (nSPS) is 29.1. The molecule has 0 saturated carbocycles. The van der Waals surface area contributed by atoms with Gasteiger partial charge in [-0.25, -0.2) is 0 Å². The Morgan fingerprint density at radius 3 is 2.75 bits per heavy atom. The Balaban J connectivity index is 2.57. The zero-order valence-corrected chi connectivity index (χ0v) is 8.08. The third kappa shape index (κ3) is 1.87. The summed E-state index contributed by atoms with van der Waals surface area (Å²) in [6.07, 6.45) is 3.03. The van der Waals surface area contributed by atoms with Crippen molar-refractivity contribution in [1.29, 1.82) is 0 Å². The number of likely N-dealkylation sites (tertiary alicyclic amines) is 1. The fourth-order valence-electron chi connectivity index (χ4n) is 2.06. The maximum absolute atomic E-state index is 9.03. The molecule has 1 atom stereocenters. The minimum absolute atomic E-state index is 0.238. The van der Waals surface area contributed by atoms with Crippen molar-refractivity contribution in [1.82, 2.24) is 4.90 Å². The van der Waals surface area contributed by atoms with Crippen LogP contribution < -0.4 is 0 Å². The Kier molecular flexibility index (Phi) is 2.91. The molecule has 0 radical (unpaired) electrons. The maximum atomic E-state index is 9.03. The summed E-state index contributed by atoms with van der Waals surface area (Å²) < 4.78 is 0. The third-order valence-corrected chi connectivity index (χ3v) is 2.73. The summed E-state index contributed by atoms with van der Waals surface area (Å²) in [5.74, 6) is 0.458. The highest BCUT2D eigenvalue weighted by atomic mass is 16.3. The first-order chi connectivity index (χ1) is 5.60. The Morgan fingerprint density at radius 2 is 2.33 bits per heavy atom. The first-order valence-corrected chi connectivity index (χ1v) is 4.57. The minimum Gasteiger partial charge on any atom is -0.396 e. The van der Waals surface area contributed by atoms with Crippen LogP contribution in [0.1, 0.15) is 20.3 Å². The average molecular weight is 169 g/mol. The van der Waals surface area contributed by atoms with Crippen molar-refractivity contribution in [3.8, 4) is 0 Å². The lowest BCUT2D eigenvalue weighted by Gasteiger charge is -2.30. The minimum atomic E-state index is 0.238. The highest BCUT2D eigenvalue weighted by Gasteiger charge is 2.36. The number of nitrogens with zero attached hydrogens (tertiary/aromatic N) is 1. The topological polar surface area (TPSA) is 23.5 Å². The van der Waals surface area contributed by atoms with Crippen molar-refractivity contribution in [3.05, 3.63) is 12.7 Å². The van der Waals surface area contributed by atoms with Crippen LogP contribution in [-0.2, 0) is 0 Å². The van der Waals surface area contributed by atoms with E-state index in [0.717, 1.165) is 19.5 Å². The van der Waals surface area contributed by atoms with E-state index in [1.807, 2.05) is 6.08 Å². The molecule has 1 rings (SSSR count). The highest BCUT2D eigenvalue weighted by Crippen LogP contribution is 2.31. The van der Waals surface area contributed by atoms with E-state index in [4.69, 9.17) is 5.11 Å². The molecule has 12 heavy (non-hydrogen) atoms. The van der Waals surface area contributed by atoms with E-state index >= 15 is 0 Å². The van der Waals surface area contributed by atoms with Crippen molar-refractivity contribution in [2.75, 3.05) is 19.7 Å². The summed E-state index contributed by atoms with van der Waals surface area (Å²) in [4.78, 5) is 2.38. The van der Waals surface area contributed by atoms with E-state index in [9.17, 15) is 0 Å². The molecule has 1 saturated heterocycles. The molecule has 0 amide bonds. The molecule has 0 aromatic rings. The van der Waals surface area contributed by atoms with Crippen molar-refractivity contribution >= 4 is 0 Å². The van der Waals surface area contributed by atoms with Gasteiger partial charge in [-0.15, -0.1) is 6.58 Å². The fraction of sp³-hybridized carbons (Fsp3) is 0.800. The van der Waals surface area contributed by atoms with Gasteiger partial charge >= 0.3 is 0 Å². The van der Waals surface area contributed by atoms with Crippen LogP contribution in [-0.4, -0.2) is 35.2 Å². The molecule has 1 aliphatic rings. The SMILES string of the molecule is C=CCN1CC(CO)CC1(C)C. The third-order valence-electron chi connectivity index (χ3n) is 2.73. The summed E-state index contributed by atoms with van der Waals surface area (Å²) in [7, 11) is 0. The lowest BCUT2D eigenvalue weighted by molar-refractivity contribution is 0.192. The zero-order chi connectivity index (χ0) is 9.19. The molecule has 0 aromatic carbocycles. The molecule has 1 heterocycles. The molecule has 1 unspecified atom stereocenters. The van der Waals surface area contributed by atoms with Crippen LogP contribution in [0.3, 0.4) is 0 Å². The van der Waals surface area contributed by atoms with Gasteiger partial charge in [0.25, 0.3) is 0 Å². The molecule has 2 nitrogen and oxygen atoms in total. The van der Waals surface area contributed by atoms with E-state index in [2.05, 4.69) is 25.3 Å². The Hall–Kier alpha value is -0.340. The quantitative estimate of drug-likeness (QED) is 0.643. The molecular formula is C10H19NO. The predicted molar refractivity (Wildman–Crippen MR) is 51.0 cm³/mol. The summed E-state index contributed by atoms with van der Waals surface area (Å²) in [5, 5.41) is 9.03. The van der Waals surface area contributed by atoms with Gasteiger partial charge in [0.2, 0.25) is 0 Å². The zero-order valence-electron chi connectivity index (χ0n) is 8.08. The molecular weight excluding hydrogens is 150 g/mol. The van der Waals surface area contributed by atoms with Gasteiger partial charge in [-0.1, -0.05) is 6.08 Å². The largest absolute Gasteiger partial charge is 0.396 e. The maximum Gasteiger partial charge on any atom is 0.0472 e. The standard InChI is InChI=1S/C10H19NO/c1-4-5-11-7-9(8-12)6-10(11,2)3/h4,9,12H,1,5-8H2,2-3H3. The van der Waals surface area contributed by atoms with Crippen molar-refractivity contribution in [3.63, 3.8) is 0 Å². The van der Waals surface area contributed by atoms with Crippen molar-refractivity contribution in [2.45, 2.75) is 25.8 Å². The average Bonchev–Trinajstić information content (AvgIpc) is 2.28. The van der Waals surface area contributed by atoms with E-state index in [-0.39, 0.29) is 5.54 Å². The van der Waals surface area contributed by atoms with Crippen molar-refractivity contribution < 1.29 is 5.11 Å². The molecule has 1 N–H and O–H groups in total. The van der Waals surface area contributed by atoms with Crippen LogP contribution in [0.4, 0.5) is 0 Å². The second kappa shape index (κ2) is 3.58. The highest BCUT2D eigenvalue weighted by molar-refractivity contribution is 4.94. The van der Waals surface area contributed by atoms with Gasteiger partial charge in [0, 0.05) is 25.2 Å². The Labute approximate surface area is 74.9 Å². The lowest BCUT2D eigenvalue weighted by Crippen LogP contribution is -2.37. The fourth-order valence-corrected chi connectivity index (χ4v) is 2.06. The second-order valence-electron chi connectivity index (χ2n) is 4.26. The molecule has 1 aliphatic heterocycles. The van der Waals surface area contributed by atoms with Crippen molar-refractivity contribution in [2.24, 2.45) is 5.92 Å². The van der Waals surface area contributed by atoms with Crippen LogP contribution in [0.15, 0.2) is 12.7 Å². The molecule has 0 aliphatic carbocycles. The lowest BCUT2D eigenvalue weighted by atomic mass is 9.97. The Morgan fingerprint density at radius 1 is 1.67 bits per heavy atom. The number of hydrogen-bond donors (Lipinski definition) is 1. The van der Waals surface area contributed by atoms with Crippen LogP contribution in [0.25, 0.3) is 0 Å². The van der Waals surface area contributed by atoms with E-state index in [1.165, 1.54) is 0 Å². The smallest absolute Gasteiger partial charge is 0.0472 e. The van der Waals surface area contributed by atoms with E-state index in [1.54, 1.807) is 0 Å². The van der Waals surface area contributed by atoms with Crippen LogP contribution in [0.5, 0.6) is 0 Å². The molecule has 0 aromatic heterocycles. The van der Waals surface area contributed by atoms with Crippen LogP contribution >= 0.6 is 0 Å². The van der Waals surface area contributed by atoms with E-state index in [0.29, 0.717) is 12.5 Å².